The molecule has 2 atom stereocenters. The summed E-state index contributed by atoms with van der Waals surface area (Å²) in [5.41, 5.74) is 6.37. The predicted octanol–water partition coefficient (Wildman–Crippen LogP) is 2.47. The third-order valence-corrected chi connectivity index (χ3v) is 5.27. The van der Waals surface area contributed by atoms with Crippen molar-refractivity contribution in [2.24, 2.45) is 11.7 Å². The normalized spacial score (nSPS) is 26.9. The summed E-state index contributed by atoms with van der Waals surface area (Å²) in [5, 5.41) is 3.18. The maximum absolute atomic E-state index is 13.6. The third-order valence-electron chi connectivity index (χ3n) is 5.27. The smallest absolute Gasteiger partial charge is 0.221 e. The molecule has 1 saturated heterocycles. The lowest BCUT2D eigenvalue weighted by atomic mass is 9.82. The van der Waals surface area contributed by atoms with Crippen LogP contribution in [0.5, 0.6) is 0 Å². The Hall–Kier alpha value is -1.46. The number of carbonyl (C=O) groups is 1. The highest BCUT2D eigenvalue weighted by atomic mass is 19.1. The summed E-state index contributed by atoms with van der Waals surface area (Å²) in [6.45, 7) is 1.14. The minimum absolute atomic E-state index is 0.0125. The molecule has 1 aliphatic carbocycles. The molecule has 1 aromatic rings. The molecule has 3 N–H and O–H groups in total. The molecule has 4 nitrogen and oxygen atoms in total. The fourth-order valence-corrected chi connectivity index (χ4v) is 3.87. The second-order valence-electron chi connectivity index (χ2n) is 6.81. The van der Waals surface area contributed by atoms with Crippen molar-refractivity contribution in [3.05, 3.63) is 35.6 Å². The fourth-order valence-electron chi connectivity index (χ4n) is 3.87. The van der Waals surface area contributed by atoms with Crippen LogP contribution < -0.4 is 11.1 Å². The van der Waals surface area contributed by atoms with E-state index in [9.17, 15) is 9.18 Å². The van der Waals surface area contributed by atoms with E-state index in [4.69, 9.17) is 10.5 Å². The Morgan fingerprint density at radius 1 is 1.35 bits per heavy atom. The summed E-state index contributed by atoms with van der Waals surface area (Å²) >= 11 is 0. The molecule has 1 saturated carbocycles. The summed E-state index contributed by atoms with van der Waals surface area (Å²) in [5.74, 6) is -0.00153. The second-order valence-corrected chi connectivity index (χ2v) is 6.81. The Morgan fingerprint density at radius 2 is 2.13 bits per heavy atom. The summed E-state index contributed by atoms with van der Waals surface area (Å²) in [4.78, 5) is 12.6. The van der Waals surface area contributed by atoms with E-state index in [1.54, 1.807) is 6.07 Å². The van der Waals surface area contributed by atoms with Gasteiger partial charge in [-0.15, -0.1) is 0 Å². The summed E-state index contributed by atoms with van der Waals surface area (Å²) in [6.07, 6.45) is 4.91. The summed E-state index contributed by atoms with van der Waals surface area (Å²) in [6, 6.07) is 6.65. The number of hydrogen-bond acceptors (Lipinski definition) is 3. The standard InChI is InChI=1S/C18H25FN2O2/c19-15-5-2-4-14(12-15)18(7-9-23-10-8-18)21-17(22)11-13-3-1-6-16(13)20/h2,4-5,12-13,16H,1,3,6-11,20H2,(H,21,22)/t13-,16+/m0/s1. The van der Waals surface area contributed by atoms with Crippen LogP contribution in [0.15, 0.2) is 24.3 Å². The first-order valence-electron chi connectivity index (χ1n) is 8.49. The van der Waals surface area contributed by atoms with Gasteiger partial charge in [-0.1, -0.05) is 18.6 Å². The zero-order chi connectivity index (χ0) is 16.3. The number of halogens is 1. The van der Waals surface area contributed by atoms with E-state index in [2.05, 4.69) is 5.32 Å². The second kappa shape index (κ2) is 6.97. The molecular formula is C18H25FN2O2. The Bertz CT molecular complexity index is 558. The lowest BCUT2D eigenvalue weighted by Crippen LogP contribution is -2.50. The molecule has 126 valence electrons. The monoisotopic (exact) mass is 320 g/mol. The van der Waals surface area contributed by atoms with Gasteiger partial charge in [0.25, 0.3) is 0 Å². The largest absolute Gasteiger partial charge is 0.381 e. The zero-order valence-corrected chi connectivity index (χ0v) is 13.4. The van der Waals surface area contributed by atoms with Gasteiger partial charge >= 0.3 is 0 Å². The molecule has 3 rings (SSSR count). The Morgan fingerprint density at radius 3 is 2.78 bits per heavy atom. The van der Waals surface area contributed by atoms with Crippen molar-refractivity contribution in [1.29, 1.82) is 0 Å². The fraction of sp³-hybridized carbons (Fsp3) is 0.611. The summed E-state index contributed by atoms with van der Waals surface area (Å²) in [7, 11) is 0. The predicted molar refractivity (Wildman–Crippen MR) is 86.2 cm³/mol. The van der Waals surface area contributed by atoms with Crippen LogP contribution in [0.2, 0.25) is 0 Å². The van der Waals surface area contributed by atoms with Gasteiger partial charge in [0.05, 0.1) is 5.54 Å². The average molecular weight is 320 g/mol. The van der Waals surface area contributed by atoms with E-state index in [0.29, 0.717) is 32.5 Å². The highest BCUT2D eigenvalue weighted by Crippen LogP contribution is 2.33. The van der Waals surface area contributed by atoms with Gasteiger partial charge in [0, 0.05) is 25.7 Å². The number of ether oxygens (including phenoxy) is 1. The first-order chi connectivity index (χ1) is 11.1. The number of nitrogens with one attached hydrogen (secondary N) is 1. The van der Waals surface area contributed by atoms with Crippen molar-refractivity contribution >= 4 is 5.91 Å². The molecule has 5 heteroatoms. The quantitative estimate of drug-likeness (QED) is 0.896. The van der Waals surface area contributed by atoms with Crippen molar-refractivity contribution in [2.45, 2.75) is 50.1 Å². The van der Waals surface area contributed by atoms with Gasteiger partial charge in [-0.25, -0.2) is 4.39 Å². The van der Waals surface area contributed by atoms with Gasteiger partial charge < -0.3 is 15.8 Å². The topological polar surface area (TPSA) is 64.4 Å². The Balaban J connectivity index is 1.75. The number of rotatable bonds is 4. The van der Waals surface area contributed by atoms with Crippen molar-refractivity contribution in [1.82, 2.24) is 5.32 Å². The van der Waals surface area contributed by atoms with Gasteiger partial charge in [0.1, 0.15) is 5.82 Å². The van der Waals surface area contributed by atoms with Gasteiger partial charge in [-0.05, 0) is 49.3 Å². The van der Waals surface area contributed by atoms with E-state index in [0.717, 1.165) is 24.8 Å². The van der Waals surface area contributed by atoms with Crippen LogP contribution in [0, 0.1) is 11.7 Å². The SMILES string of the molecule is N[C@@H]1CCC[C@H]1CC(=O)NC1(c2cccc(F)c2)CCOCC1. The lowest BCUT2D eigenvalue weighted by molar-refractivity contribution is -0.125. The van der Waals surface area contributed by atoms with Crippen molar-refractivity contribution in [3.8, 4) is 0 Å². The molecule has 1 aromatic carbocycles. The van der Waals surface area contributed by atoms with Gasteiger partial charge in [-0.3, -0.25) is 4.79 Å². The van der Waals surface area contributed by atoms with E-state index in [1.807, 2.05) is 6.07 Å². The molecule has 0 aromatic heterocycles. The van der Waals surface area contributed by atoms with Crippen LogP contribution in [-0.2, 0) is 15.1 Å². The van der Waals surface area contributed by atoms with Crippen LogP contribution in [0.25, 0.3) is 0 Å². The molecule has 0 unspecified atom stereocenters. The number of hydrogen-bond donors (Lipinski definition) is 2. The van der Waals surface area contributed by atoms with Crippen LogP contribution in [0.4, 0.5) is 4.39 Å². The molecule has 0 radical (unpaired) electrons. The Kier molecular flexibility index (Phi) is 4.97. The van der Waals surface area contributed by atoms with E-state index in [1.165, 1.54) is 12.1 Å². The molecular weight excluding hydrogens is 295 g/mol. The van der Waals surface area contributed by atoms with E-state index >= 15 is 0 Å². The van der Waals surface area contributed by atoms with Gasteiger partial charge in [-0.2, -0.15) is 0 Å². The van der Waals surface area contributed by atoms with Crippen LogP contribution in [0.3, 0.4) is 0 Å². The van der Waals surface area contributed by atoms with Gasteiger partial charge in [0.15, 0.2) is 0 Å². The van der Waals surface area contributed by atoms with Crippen LogP contribution in [-0.4, -0.2) is 25.2 Å². The molecule has 2 fully saturated rings. The number of benzene rings is 1. The number of amides is 1. The van der Waals surface area contributed by atoms with Crippen LogP contribution >= 0.6 is 0 Å². The first kappa shape index (κ1) is 16.4. The van der Waals surface area contributed by atoms with Crippen molar-refractivity contribution < 1.29 is 13.9 Å². The minimum Gasteiger partial charge on any atom is -0.381 e. The zero-order valence-electron chi connectivity index (χ0n) is 13.4. The van der Waals surface area contributed by atoms with E-state index in [-0.39, 0.29) is 23.7 Å². The maximum Gasteiger partial charge on any atom is 0.221 e. The highest BCUT2D eigenvalue weighted by molar-refractivity contribution is 5.77. The molecule has 1 aliphatic heterocycles. The molecule has 2 aliphatic rings. The first-order valence-corrected chi connectivity index (χ1v) is 8.49. The third kappa shape index (κ3) is 3.72. The molecule has 1 amide bonds. The number of carbonyl (C=O) groups excluding carboxylic acids is 1. The molecule has 0 bridgehead atoms. The van der Waals surface area contributed by atoms with Crippen LogP contribution in [0.1, 0.15) is 44.1 Å². The molecule has 0 spiro atoms. The van der Waals surface area contributed by atoms with Crippen molar-refractivity contribution in [3.63, 3.8) is 0 Å². The molecule has 1 heterocycles. The van der Waals surface area contributed by atoms with E-state index < -0.39 is 5.54 Å². The lowest BCUT2D eigenvalue weighted by Gasteiger charge is -2.39. The minimum atomic E-state index is -0.528. The maximum atomic E-state index is 13.6. The number of nitrogens with two attached hydrogens (primary N) is 1. The van der Waals surface area contributed by atoms with Gasteiger partial charge in [0.2, 0.25) is 5.91 Å². The Labute approximate surface area is 136 Å². The summed E-state index contributed by atoms with van der Waals surface area (Å²) < 4.78 is 19.1. The highest BCUT2D eigenvalue weighted by Gasteiger charge is 2.37. The average Bonchev–Trinajstić information content (AvgIpc) is 2.93. The molecule has 23 heavy (non-hydrogen) atoms. The van der Waals surface area contributed by atoms with Crippen molar-refractivity contribution in [2.75, 3.05) is 13.2 Å².